The Kier molecular flexibility index (Phi) is 8.15. The number of rotatable bonds is 10. The van der Waals surface area contributed by atoms with E-state index >= 15 is 0 Å². The number of carbonyl (C=O) groups excluding carboxylic acids is 1. The van der Waals surface area contributed by atoms with Crippen molar-refractivity contribution >= 4 is 16.7 Å². The van der Waals surface area contributed by atoms with Crippen LogP contribution in [-0.4, -0.2) is 62.2 Å². The first-order valence-corrected chi connectivity index (χ1v) is 12.0. The van der Waals surface area contributed by atoms with Crippen LogP contribution >= 0.6 is 0 Å². The average Bonchev–Trinajstić information content (AvgIpc) is 2.88. The molecule has 2 heterocycles. The minimum absolute atomic E-state index is 0.116. The fourth-order valence-electron chi connectivity index (χ4n) is 4.32. The van der Waals surface area contributed by atoms with Gasteiger partial charge in [0.15, 0.2) is 5.78 Å². The van der Waals surface area contributed by atoms with Crippen LogP contribution in [0.15, 0.2) is 41.2 Å². The summed E-state index contributed by atoms with van der Waals surface area (Å²) < 4.78 is 31.3. The number of pyridine rings is 1. The van der Waals surface area contributed by atoms with E-state index in [-0.39, 0.29) is 34.4 Å². The summed E-state index contributed by atoms with van der Waals surface area (Å²) in [6.45, 7) is 6.21. The summed E-state index contributed by atoms with van der Waals surface area (Å²) in [6.07, 6.45) is 1.64. The van der Waals surface area contributed by atoms with Crippen LogP contribution < -0.4 is 14.9 Å². The van der Waals surface area contributed by atoms with Crippen LogP contribution in [0.3, 0.4) is 0 Å². The third-order valence-electron chi connectivity index (χ3n) is 6.17. The number of carbonyl (C=O) groups is 1. The lowest BCUT2D eigenvalue weighted by Gasteiger charge is -2.26. The second kappa shape index (κ2) is 11.5. The molecule has 1 N–H and O–H groups in total. The molecule has 0 saturated carbocycles. The molecule has 0 spiro atoms. The lowest BCUT2D eigenvalue weighted by Crippen LogP contribution is -2.37. The van der Waals surface area contributed by atoms with E-state index in [1.165, 1.54) is 12.1 Å². The zero-order valence-corrected chi connectivity index (χ0v) is 20.2. The minimum Gasteiger partial charge on any atom is -0.497 e. The summed E-state index contributed by atoms with van der Waals surface area (Å²) >= 11 is 0. The highest BCUT2D eigenvalue weighted by molar-refractivity contribution is 6.04. The molecule has 8 heteroatoms. The standard InChI is InChI=1S/C27H31FN2O5/c1-3-15-35-22-11-10-20(28)24-26(22)29-25(21(31)5-4-12-30-13-16-34-17-14-30)23(27(24)32)18-6-8-19(33-2)9-7-18/h6-11H,3-5,12-17H2,1-2H3,(H,29,32). The van der Waals surface area contributed by atoms with Crippen molar-refractivity contribution in [1.29, 1.82) is 0 Å². The van der Waals surface area contributed by atoms with E-state index in [0.717, 1.165) is 26.1 Å². The predicted molar refractivity (Wildman–Crippen MR) is 133 cm³/mol. The Morgan fingerprint density at radius 2 is 1.89 bits per heavy atom. The molecule has 186 valence electrons. The molecule has 1 aliphatic heterocycles. The van der Waals surface area contributed by atoms with Gasteiger partial charge in [-0.15, -0.1) is 0 Å². The second-order valence-corrected chi connectivity index (χ2v) is 8.56. The maximum Gasteiger partial charge on any atom is 0.201 e. The molecule has 0 radical (unpaired) electrons. The Bertz CT molecular complexity index is 1230. The van der Waals surface area contributed by atoms with Crippen molar-refractivity contribution in [2.45, 2.75) is 26.2 Å². The van der Waals surface area contributed by atoms with Crippen LogP contribution in [0.1, 0.15) is 36.7 Å². The molecule has 0 aliphatic carbocycles. The number of H-pyrrole nitrogens is 1. The van der Waals surface area contributed by atoms with E-state index < -0.39 is 11.2 Å². The number of Topliss-reactive ketones (excluding diaryl/α,β-unsaturated/α-hetero) is 1. The topological polar surface area (TPSA) is 80.9 Å². The summed E-state index contributed by atoms with van der Waals surface area (Å²) in [4.78, 5) is 32.4. The molecular formula is C27H31FN2O5. The van der Waals surface area contributed by atoms with Gasteiger partial charge < -0.3 is 19.2 Å². The van der Waals surface area contributed by atoms with Crippen molar-refractivity contribution < 1.29 is 23.4 Å². The summed E-state index contributed by atoms with van der Waals surface area (Å²) in [5.74, 6) is 0.106. The Balaban J connectivity index is 1.77. The SMILES string of the molecule is CCCOc1ccc(F)c2c(=O)c(-c3ccc(OC)cc3)c(C(=O)CCCN3CCOCC3)[nH]c12. The van der Waals surface area contributed by atoms with Gasteiger partial charge in [0.1, 0.15) is 17.3 Å². The minimum atomic E-state index is -0.661. The molecule has 0 bridgehead atoms. The average molecular weight is 483 g/mol. The van der Waals surface area contributed by atoms with Gasteiger partial charge in [0.05, 0.1) is 49.1 Å². The van der Waals surface area contributed by atoms with Gasteiger partial charge in [-0.25, -0.2) is 4.39 Å². The molecule has 3 aromatic rings. The summed E-state index contributed by atoms with van der Waals surface area (Å²) in [5.41, 5.74) is 0.506. The van der Waals surface area contributed by atoms with E-state index in [1.54, 1.807) is 31.4 Å². The van der Waals surface area contributed by atoms with Gasteiger partial charge in [0, 0.05) is 19.5 Å². The molecule has 7 nitrogen and oxygen atoms in total. The Hall–Kier alpha value is -3.23. The van der Waals surface area contributed by atoms with Crippen molar-refractivity contribution in [2.24, 2.45) is 0 Å². The fraction of sp³-hybridized carbons (Fsp3) is 0.407. The van der Waals surface area contributed by atoms with Crippen molar-refractivity contribution in [3.05, 3.63) is 58.1 Å². The molecule has 1 aromatic heterocycles. The van der Waals surface area contributed by atoms with E-state index in [0.29, 0.717) is 43.3 Å². The van der Waals surface area contributed by atoms with Crippen LogP contribution in [0, 0.1) is 5.82 Å². The summed E-state index contributed by atoms with van der Waals surface area (Å²) in [6, 6.07) is 9.54. The molecule has 0 unspecified atom stereocenters. The quantitative estimate of drug-likeness (QED) is 0.431. The lowest BCUT2D eigenvalue weighted by atomic mass is 9.96. The highest BCUT2D eigenvalue weighted by atomic mass is 19.1. The number of ether oxygens (including phenoxy) is 3. The van der Waals surface area contributed by atoms with Gasteiger partial charge in [-0.2, -0.15) is 0 Å². The van der Waals surface area contributed by atoms with Gasteiger partial charge in [-0.05, 0) is 49.2 Å². The maximum atomic E-state index is 14.9. The number of methoxy groups -OCH3 is 1. The second-order valence-electron chi connectivity index (χ2n) is 8.56. The molecule has 4 rings (SSSR count). The molecule has 35 heavy (non-hydrogen) atoms. The van der Waals surface area contributed by atoms with Crippen molar-refractivity contribution in [2.75, 3.05) is 46.6 Å². The molecule has 0 amide bonds. The maximum absolute atomic E-state index is 14.9. The van der Waals surface area contributed by atoms with Crippen LogP contribution in [-0.2, 0) is 4.74 Å². The molecule has 1 fully saturated rings. The predicted octanol–water partition coefficient (Wildman–Crippen LogP) is 4.43. The van der Waals surface area contributed by atoms with Crippen molar-refractivity contribution in [3.8, 4) is 22.6 Å². The van der Waals surface area contributed by atoms with Crippen LogP contribution in [0.4, 0.5) is 4.39 Å². The van der Waals surface area contributed by atoms with Crippen LogP contribution in [0.2, 0.25) is 0 Å². The zero-order chi connectivity index (χ0) is 24.8. The largest absolute Gasteiger partial charge is 0.497 e. The molecule has 2 aromatic carbocycles. The zero-order valence-electron chi connectivity index (χ0n) is 20.2. The van der Waals surface area contributed by atoms with Crippen molar-refractivity contribution in [1.82, 2.24) is 9.88 Å². The monoisotopic (exact) mass is 482 g/mol. The van der Waals surface area contributed by atoms with Gasteiger partial charge in [-0.1, -0.05) is 19.1 Å². The lowest BCUT2D eigenvalue weighted by molar-refractivity contribution is 0.0371. The molecule has 1 aliphatic rings. The van der Waals surface area contributed by atoms with E-state index in [2.05, 4.69) is 9.88 Å². The fourth-order valence-corrected chi connectivity index (χ4v) is 4.32. The first-order chi connectivity index (χ1) is 17.0. The van der Waals surface area contributed by atoms with Gasteiger partial charge in [-0.3, -0.25) is 14.5 Å². The number of morpholine rings is 1. The molecular weight excluding hydrogens is 451 g/mol. The number of ketones is 1. The number of benzene rings is 2. The number of nitrogens with one attached hydrogen (secondary N) is 1. The smallest absolute Gasteiger partial charge is 0.201 e. The number of hydrogen-bond acceptors (Lipinski definition) is 6. The highest BCUT2D eigenvalue weighted by Crippen LogP contribution is 2.30. The highest BCUT2D eigenvalue weighted by Gasteiger charge is 2.23. The molecule has 0 atom stereocenters. The third-order valence-corrected chi connectivity index (χ3v) is 6.17. The normalized spacial score (nSPS) is 14.3. The van der Waals surface area contributed by atoms with Crippen LogP contribution in [0.5, 0.6) is 11.5 Å². The Morgan fingerprint density at radius 1 is 1.14 bits per heavy atom. The Morgan fingerprint density at radius 3 is 2.57 bits per heavy atom. The molecule has 1 saturated heterocycles. The first kappa shape index (κ1) is 24.9. The Labute approximate surface area is 203 Å². The number of nitrogens with zero attached hydrogens (tertiary/aromatic N) is 1. The first-order valence-electron chi connectivity index (χ1n) is 12.0. The third kappa shape index (κ3) is 5.55. The number of halogens is 1. The summed E-state index contributed by atoms with van der Waals surface area (Å²) in [7, 11) is 1.55. The van der Waals surface area contributed by atoms with Gasteiger partial charge in [0.25, 0.3) is 0 Å². The van der Waals surface area contributed by atoms with E-state index in [9.17, 15) is 14.0 Å². The van der Waals surface area contributed by atoms with Crippen molar-refractivity contribution in [3.63, 3.8) is 0 Å². The number of hydrogen-bond donors (Lipinski definition) is 1. The number of aromatic amines is 1. The van der Waals surface area contributed by atoms with E-state index in [4.69, 9.17) is 14.2 Å². The van der Waals surface area contributed by atoms with Crippen LogP contribution in [0.25, 0.3) is 22.0 Å². The van der Waals surface area contributed by atoms with Gasteiger partial charge >= 0.3 is 0 Å². The number of fused-ring (bicyclic) bond motifs is 1. The number of aromatic nitrogens is 1. The summed E-state index contributed by atoms with van der Waals surface area (Å²) in [5, 5.41) is -0.116. The van der Waals surface area contributed by atoms with Gasteiger partial charge in [0.2, 0.25) is 5.43 Å². The van der Waals surface area contributed by atoms with E-state index in [1.807, 2.05) is 6.92 Å².